The molecule has 2 N–H and O–H groups in total. The maximum Gasteiger partial charge on any atom is 0.278 e. The van der Waals surface area contributed by atoms with Crippen LogP contribution in [0.15, 0.2) is 71.9 Å². The average molecular weight is 409 g/mol. The van der Waals surface area contributed by atoms with Gasteiger partial charge in [0.15, 0.2) is 16.8 Å². The molecule has 0 atom stereocenters. The molecule has 152 valence electrons. The highest BCUT2D eigenvalue weighted by Crippen LogP contribution is 2.24. The van der Waals surface area contributed by atoms with Crippen LogP contribution in [0.4, 0.5) is 5.69 Å². The van der Waals surface area contributed by atoms with Gasteiger partial charge >= 0.3 is 0 Å². The quantitative estimate of drug-likeness (QED) is 0.469. The summed E-state index contributed by atoms with van der Waals surface area (Å²) in [5.74, 6) is -0.315. The molecular formula is C24H19N5O2. The fourth-order valence-corrected chi connectivity index (χ4v) is 3.73. The number of hydrogen-bond acceptors (Lipinski definition) is 4. The van der Waals surface area contributed by atoms with Crippen LogP contribution in [0.5, 0.6) is 0 Å². The van der Waals surface area contributed by atoms with E-state index in [-0.39, 0.29) is 17.0 Å². The van der Waals surface area contributed by atoms with Gasteiger partial charge in [-0.15, -0.1) is 0 Å². The van der Waals surface area contributed by atoms with Crippen molar-refractivity contribution in [3.8, 4) is 11.1 Å². The summed E-state index contributed by atoms with van der Waals surface area (Å²) in [7, 11) is 0. The minimum atomic E-state index is -0.315. The van der Waals surface area contributed by atoms with E-state index in [1.54, 1.807) is 16.9 Å². The van der Waals surface area contributed by atoms with Crippen molar-refractivity contribution in [3.05, 3.63) is 94.4 Å². The summed E-state index contributed by atoms with van der Waals surface area (Å²) in [4.78, 5) is 36.7. The summed E-state index contributed by atoms with van der Waals surface area (Å²) in [5.41, 5.74) is 5.92. The molecule has 0 aliphatic heterocycles. The largest absolute Gasteiger partial charge is 0.361 e. The summed E-state index contributed by atoms with van der Waals surface area (Å²) in [6.45, 7) is 3.84. The van der Waals surface area contributed by atoms with Crippen LogP contribution in [-0.4, -0.2) is 25.3 Å². The Hall–Kier alpha value is -4.26. The van der Waals surface area contributed by atoms with Crippen molar-refractivity contribution in [2.24, 2.45) is 0 Å². The summed E-state index contributed by atoms with van der Waals surface area (Å²) >= 11 is 0. The SMILES string of the molecule is Cc1cc(C)n2cnc(C(=O)Nc3ccc(-c4ccc5[nH]ccc(=O)c5c4)cc3)c2n1. The number of carbonyl (C=O) groups is 1. The van der Waals surface area contributed by atoms with E-state index in [1.807, 2.05) is 62.4 Å². The zero-order chi connectivity index (χ0) is 21.5. The van der Waals surface area contributed by atoms with Gasteiger partial charge in [-0.25, -0.2) is 9.97 Å². The van der Waals surface area contributed by atoms with Crippen molar-refractivity contribution in [1.29, 1.82) is 0 Å². The molecule has 31 heavy (non-hydrogen) atoms. The number of pyridine rings is 1. The topological polar surface area (TPSA) is 92.2 Å². The molecule has 0 saturated heterocycles. The highest BCUT2D eigenvalue weighted by molar-refractivity contribution is 6.07. The zero-order valence-electron chi connectivity index (χ0n) is 17.0. The minimum absolute atomic E-state index is 0.0224. The van der Waals surface area contributed by atoms with Gasteiger partial charge in [-0.2, -0.15) is 0 Å². The second-order valence-electron chi connectivity index (χ2n) is 7.46. The average Bonchev–Trinajstić information content (AvgIpc) is 3.19. The highest BCUT2D eigenvalue weighted by atomic mass is 16.2. The summed E-state index contributed by atoms with van der Waals surface area (Å²) in [6.07, 6.45) is 3.25. The van der Waals surface area contributed by atoms with Gasteiger partial charge in [-0.3, -0.25) is 14.0 Å². The van der Waals surface area contributed by atoms with E-state index in [1.165, 1.54) is 6.07 Å². The van der Waals surface area contributed by atoms with Crippen LogP contribution < -0.4 is 10.7 Å². The van der Waals surface area contributed by atoms with Gasteiger partial charge in [-0.1, -0.05) is 18.2 Å². The Morgan fingerprint density at radius 2 is 1.77 bits per heavy atom. The Morgan fingerprint density at radius 1 is 1.00 bits per heavy atom. The lowest BCUT2D eigenvalue weighted by atomic mass is 10.0. The lowest BCUT2D eigenvalue weighted by Gasteiger charge is -2.07. The van der Waals surface area contributed by atoms with Gasteiger partial charge < -0.3 is 10.3 Å². The van der Waals surface area contributed by atoms with Crippen molar-refractivity contribution in [3.63, 3.8) is 0 Å². The third-order valence-electron chi connectivity index (χ3n) is 5.27. The molecule has 3 heterocycles. The molecule has 2 aromatic carbocycles. The van der Waals surface area contributed by atoms with Crippen LogP contribution in [0.1, 0.15) is 21.9 Å². The van der Waals surface area contributed by atoms with Gasteiger partial charge in [0.05, 0.1) is 0 Å². The number of fused-ring (bicyclic) bond motifs is 2. The van der Waals surface area contributed by atoms with Gasteiger partial charge in [-0.05, 0) is 55.3 Å². The van der Waals surface area contributed by atoms with Crippen LogP contribution in [0.2, 0.25) is 0 Å². The van der Waals surface area contributed by atoms with Crippen LogP contribution in [0.3, 0.4) is 0 Å². The first-order chi connectivity index (χ1) is 15.0. The third kappa shape index (κ3) is 3.36. The van der Waals surface area contributed by atoms with E-state index < -0.39 is 0 Å². The molecule has 7 heteroatoms. The molecular weight excluding hydrogens is 390 g/mol. The van der Waals surface area contributed by atoms with Crippen molar-refractivity contribution in [1.82, 2.24) is 19.4 Å². The monoisotopic (exact) mass is 409 g/mol. The summed E-state index contributed by atoms with van der Waals surface area (Å²) in [6, 6.07) is 16.6. The van der Waals surface area contributed by atoms with Gasteiger partial charge in [0.2, 0.25) is 0 Å². The van der Waals surface area contributed by atoms with E-state index in [4.69, 9.17) is 0 Å². The minimum Gasteiger partial charge on any atom is -0.361 e. The van der Waals surface area contributed by atoms with Crippen LogP contribution >= 0.6 is 0 Å². The Morgan fingerprint density at radius 3 is 2.58 bits per heavy atom. The number of amides is 1. The predicted molar refractivity (Wildman–Crippen MR) is 120 cm³/mol. The van der Waals surface area contributed by atoms with E-state index in [0.29, 0.717) is 16.7 Å². The molecule has 0 radical (unpaired) electrons. The van der Waals surface area contributed by atoms with Gasteiger partial charge in [0, 0.05) is 40.2 Å². The van der Waals surface area contributed by atoms with E-state index >= 15 is 0 Å². The molecule has 0 bridgehead atoms. The van der Waals surface area contributed by atoms with Crippen molar-refractivity contribution >= 4 is 28.1 Å². The maximum absolute atomic E-state index is 12.8. The first-order valence-electron chi connectivity index (χ1n) is 9.84. The number of imidazole rings is 1. The van der Waals surface area contributed by atoms with Crippen LogP contribution in [-0.2, 0) is 0 Å². The van der Waals surface area contributed by atoms with E-state index in [9.17, 15) is 9.59 Å². The second-order valence-corrected chi connectivity index (χ2v) is 7.46. The van der Waals surface area contributed by atoms with E-state index in [0.717, 1.165) is 28.0 Å². The second kappa shape index (κ2) is 7.21. The molecule has 0 saturated carbocycles. The normalized spacial score (nSPS) is 11.2. The molecule has 5 aromatic rings. The smallest absolute Gasteiger partial charge is 0.278 e. The number of aryl methyl sites for hydroxylation is 2. The molecule has 3 aromatic heterocycles. The fourth-order valence-electron chi connectivity index (χ4n) is 3.73. The number of aromatic nitrogens is 4. The molecule has 1 amide bonds. The number of carbonyl (C=O) groups excluding carboxylic acids is 1. The Kier molecular flexibility index (Phi) is 4.36. The lowest BCUT2D eigenvalue weighted by Crippen LogP contribution is -2.13. The number of nitrogens with zero attached hydrogens (tertiary/aromatic N) is 3. The molecule has 0 unspecified atom stereocenters. The first-order valence-corrected chi connectivity index (χ1v) is 9.84. The Labute approximate surface area is 177 Å². The van der Waals surface area contributed by atoms with E-state index in [2.05, 4.69) is 20.3 Å². The third-order valence-corrected chi connectivity index (χ3v) is 5.27. The molecule has 5 rings (SSSR count). The number of rotatable bonds is 3. The van der Waals surface area contributed by atoms with Crippen molar-refractivity contribution < 1.29 is 4.79 Å². The van der Waals surface area contributed by atoms with Crippen molar-refractivity contribution in [2.75, 3.05) is 5.32 Å². The number of hydrogen-bond donors (Lipinski definition) is 2. The molecule has 0 aliphatic rings. The predicted octanol–water partition coefficient (Wildman–Crippen LogP) is 4.11. The Balaban J connectivity index is 1.42. The molecule has 0 aliphatic carbocycles. The van der Waals surface area contributed by atoms with Gasteiger partial charge in [0.1, 0.15) is 6.33 Å². The molecule has 0 spiro atoms. The maximum atomic E-state index is 12.8. The van der Waals surface area contributed by atoms with Crippen molar-refractivity contribution in [2.45, 2.75) is 13.8 Å². The van der Waals surface area contributed by atoms with Crippen LogP contribution in [0.25, 0.3) is 27.7 Å². The number of anilines is 1. The highest BCUT2D eigenvalue weighted by Gasteiger charge is 2.16. The summed E-state index contributed by atoms with van der Waals surface area (Å²) in [5, 5.41) is 3.52. The lowest BCUT2D eigenvalue weighted by molar-refractivity contribution is 0.102. The van der Waals surface area contributed by atoms with Gasteiger partial charge in [0.25, 0.3) is 5.91 Å². The number of H-pyrrole nitrogens is 1. The molecule has 7 nitrogen and oxygen atoms in total. The summed E-state index contributed by atoms with van der Waals surface area (Å²) < 4.78 is 1.80. The Bertz CT molecular complexity index is 1510. The zero-order valence-corrected chi connectivity index (χ0v) is 17.0. The number of benzene rings is 2. The number of aromatic amines is 1. The molecule has 0 fully saturated rings. The van der Waals surface area contributed by atoms with Crippen LogP contribution in [0, 0.1) is 13.8 Å². The first kappa shape index (κ1) is 18.7. The number of nitrogens with one attached hydrogen (secondary N) is 2. The fraction of sp³-hybridized carbons (Fsp3) is 0.0833. The standard InChI is InChI=1S/C24H19N5O2/c1-14-11-15(2)29-13-26-22(23(29)27-14)24(31)28-18-6-3-16(4-7-18)17-5-8-20-19(12-17)21(30)9-10-25-20/h3-13H,1-2H3,(H,25,30)(H,28,31).